The summed E-state index contributed by atoms with van der Waals surface area (Å²) in [6.07, 6.45) is 3.52. The van der Waals surface area contributed by atoms with Crippen LogP contribution >= 0.6 is 34.8 Å². The summed E-state index contributed by atoms with van der Waals surface area (Å²) in [5.41, 5.74) is 6.07. The van der Waals surface area contributed by atoms with Gasteiger partial charge in [0.1, 0.15) is 24.1 Å². The molecule has 0 unspecified atom stereocenters. The Kier molecular flexibility index (Phi) is 6.09. The number of nitrogens with one attached hydrogen (secondary N) is 1. The van der Waals surface area contributed by atoms with Crippen LogP contribution in [0.2, 0.25) is 15.2 Å². The van der Waals surface area contributed by atoms with Crippen LogP contribution in [0.25, 0.3) is 16.9 Å². The zero-order valence-corrected chi connectivity index (χ0v) is 19.3. The van der Waals surface area contributed by atoms with Crippen LogP contribution in [0.1, 0.15) is 5.56 Å². The second kappa shape index (κ2) is 9.31. The molecule has 0 amide bonds. The van der Waals surface area contributed by atoms with Crippen molar-refractivity contribution in [2.75, 3.05) is 18.6 Å². The normalized spacial score (nSPS) is 12.8. The third-order valence-corrected chi connectivity index (χ3v) is 5.80. The van der Waals surface area contributed by atoms with Gasteiger partial charge < -0.3 is 9.47 Å². The molecule has 2 aromatic heterocycles. The van der Waals surface area contributed by atoms with E-state index in [4.69, 9.17) is 49.4 Å². The first-order valence-electron chi connectivity index (χ1n) is 9.94. The molecule has 0 saturated carbocycles. The Balaban J connectivity index is 1.51. The SMILES string of the molecule is Clc1cc(Cl)c(N/N=C/c2cn(-c3ccccc3)nc2-c2ccc3c(c2)OCCO3)nc1Cl. The number of pyridine rings is 1. The third kappa shape index (κ3) is 4.61. The van der Waals surface area contributed by atoms with E-state index in [9.17, 15) is 0 Å². The maximum atomic E-state index is 6.18. The molecule has 166 valence electrons. The summed E-state index contributed by atoms with van der Waals surface area (Å²) in [7, 11) is 0. The summed E-state index contributed by atoms with van der Waals surface area (Å²) in [6.45, 7) is 1.04. The molecule has 3 heterocycles. The van der Waals surface area contributed by atoms with Gasteiger partial charge in [0, 0.05) is 17.3 Å². The number of ether oxygens (including phenoxy) is 2. The molecule has 0 spiro atoms. The van der Waals surface area contributed by atoms with E-state index in [1.54, 1.807) is 10.9 Å². The zero-order chi connectivity index (χ0) is 22.8. The number of hydrogen-bond donors (Lipinski definition) is 1. The molecule has 4 aromatic rings. The van der Waals surface area contributed by atoms with Crippen molar-refractivity contribution in [2.24, 2.45) is 5.10 Å². The molecule has 0 fully saturated rings. The highest BCUT2D eigenvalue weighted by atomic mass is 35.5. The number of rotatable bonds is 5. The van der Waals surface area contributed by atoms with Gasteiger partial charge in [-0.05, 0) is 36.4 Å². The number of fused-ring (bicyclic) bond motifs is 1. The Morgan fingerprint density at radius 3 is 2.55 bits per heavy atom. The van der Waals surface area contributed by atoms with Gasteiger partial charge in [0.15, 0.2) is 17.3 Å². The van der Waals surface area contributed by atoms with Crippen LogP contribution in [0, 0.1) is 0 Å². The molecule has 1 N–H and O–H groups in total. The fraction of sp³-hybridized carbons (Fsp3) is 0.0870. The van der Waals surface area contributed by atoms with Crippen LogP contribution in [0.15, 0.2) is 65.9 Å². The number of hydrazone groups is 1. The van der Waals surface area contributed by atoms with Crippen molar-refractivity contribution in [3.05, 3.63) is 81.6 Å². The monoisotopic (exact) mass is 499 g/mol. The molecule has 5 rings (SSSR count). The molecule has 1 aliphatic rings. The van der Waals surface area contributed by atoms with Gasteiger partial charge in [0.2, 0.25) is 0 Å². The summed E-state index contributed by atoms with van der Waals surface area (Å²) in [6, 6.07) is 17.0. The lowest BCUT2D eigenvalue weighted by Gasteiger charge is -2.18. The smallest absolute Gasteiger partial charge is 0.166 e. The minimum atomic E-state index is 0.132. The standard InChI is InChI=1S/C23H16Cl3N5O2/c24-17-11-18(25)23(28-22(17)26)29-27-12-15-13-31(16-4-2-1-3-5-16)30-21(15)14-6-7-19-20(10-14)33-9-8-32-19/h1-7,10-13H,8-9H2,(H,28,29)/b27-12+. The summed E-state index contributed by atoms with van der Waals surface area (Å²) < 4.78 is 13.2. The van der Waals surface area contributed by atoms with Crippen molar-refractivity contribution in [2.45, 2.75) is 0 Å². The Bertz CT molecular complexity index is 1340. The quantitative estimate of drug-likeness (QED) is 0.203. The first kappa shape index (κ1) is 21.6. The Morgan fingerprint density at radius 1 is 0.939 bits per heavy atom. The number of nitrogens with zero attached hydrogens (tertiary/aromatic N) is 4. The average molecular weight is 501 g/mol. The number of hydrogen-bond acceptors (Lipinski definition) is 6. The predicted octanol–water partition coefficient (Wildman–Crippen LogP) is 6.11. The number of benzene rings is 2. The lowest BCUT2D eigenvalue weighted by molar-refractivity contribution is 0.171. The van der Waals surface area contributed by atoms with Crippen LogP contribution in [0.4, 0.5) is 5.82 Å². The van der Waals surface area contributed by atoms with Gasteiger partial charge in [-0.25, -0.2) is 9.67 Å². The molecule has 33 heavy (non-hydrogen) atoms. The molecule has 0 bridgehead atoms. The topological polar surface area (TPSA) is 73.6 Å². The van der Waals surface area contributed by atoms with Crippen LogP contribution in [-0.2, 0) is 0 Å². The molecule has 0 saturated heterocycles. The highest BCUT2D eigenvalue weighted by molar-refractivity contribution is 6.42. The molecular formula is C23H16Cl3N5O2. The van der Waals surface area contributed by atoms with Gasteiger partial charge in [-0.15, -0.1) is 0 Å². The van der Waals surface area contributed by atoms with E-state index >= 15 is 0 Å². The lowest BCUT2D eigenvalue weighted by atomic mass is 10.1. The Morgan fingerprint density at radius 2 is 1.73 bits per heavy atom. The number of halogens is 3. The van der Waals surface area contributed by atoms with Crippen molar-refractivity contribution in [3.63, 3.8) is 0 Å². The molecule has 2 aromatic carbocycles. The van der Waals surface area contributed by atoms with Gasteiger partial charge in [-0.2, -0.15) is 10.2 Å². The largest absolute Gasteiger partial charge is 0.486 e. The molecule has 0 aliphatic carbocycles. The zero-order valence-electron chi connectivity index (χ0n) is 17.0. The number of anilines is 1. The lowest BCUT2D eigenvalue weighted by Crippen LogP contribution is -2.15. The minimum Gasteiger partial charge on any atom is -0.486 e. The first-order chi connectivity index (χ1) is 16.1. The average Bonchev–Trinajstić information content (AvgIpc) is 3.27. The van der Waals surface area contributed by atoms with E-state index in [1.165, 1.54) is 6.07 Å². The van der Waals surface area contributed by atoms with Crippen LogP contribution in [0.5, 0.6) is 11.5 Å². The van der Waals surface area contributed by atoms with E-state index in [0.29, 0.717) is 35.6 Å². The maximum absolute atomic E-state index is 6.18. The van der Waals surface area contributed by atoms with Gasteiger partial charge >= 0.3 is 0 Å². The summed E-state index contributed by atoms with van der Waals surface area (Å²) >= 11 is 18.1. The van der Waals surface area contributed by atoms with E-state index in [-0.39, 0.29) is 10.2 Å². The van der Waals surface area contributed by atoms with Gasteiger partial charge in [0.25, 0.3) is 0 Å². The summed E-state index contributed by atoms with van der Waals surface area (Å²) in [4.78, 5) is 4.11. The van der Waals surface area contributed by atoms with Gasteiger partial charge in [0.05, 0.1) is 21.9 Å². The van der Waals surface area contributed by atoms with E-state index < -0.39 is 0 Å². The van der Waals surface area contributed by atoms with E-state index in [0.717, 1.165) is 22.5 Å². The highest BCUT2D eigenvalue weighted by Crippen LogP contribution is 2.35. The maximum Gasteiger partial charge on any atom is 0.166 e. The first-order valence-corrected chi connectivity index (χ1v) is 11.1. The Hall–Kier alpha value is -3.26. The Labute approximate surface area is 204 Å². The van der Waals surface area contributed by atoms with E-state index in [1.807, 2.05) is 54.7 Å². The molecular weight excluding hydrogens is 485 g/mol. The van der Waals surface area contributed by atoms with Crippen molar-refractivity contribution in [1.82, 2.24) is 14.8 Å². The highest BCUT2D eigenvalue weighted by Gasteiger charge is 2.17. The molecule has 0 atom stereocenters. The molecule has 10 heteroatoms. The van der Waals surface area contributed by atoms with Crippen molar-refractivity contribution < 1.29 is 9.47 Å². The second-order valence-electron chi connectivity index (χ2n) is 7.03. The second-order valence-corrected chi connectivity index (χ2v) is 8.21. The fourth-order valence-corrected chi connectivity index (χ4v) is 3.84. The summed E-state index contributed by atoms with van der Waals surface area (Å²) in [5.74, 6) is 1.68. The van der Waals surface area contributed by atoms with Crippen LogP contribution in [-0.4, -0.2) is 34.2 Å². The predicted molar refractivity (Wildman–Crippen MR) is 130 cm³/mol. The minimum absolute atomic E-state index is 0.132. The summed E-state index contributed by atoms with van der Waals surface area (Å²) in [5, 5.41) is 9.78. The molecule has 0 radical (unpaired) electrons. The molecule has 7 nitrogen and oxygen atoms in total. The van der Waals surface area contributed by atoms with Crippen LogP contribution < -0.4 is 14.9 Å². The van der Waals surface area contributed by atoms with Gasteiger partial charge in [-0.1, -0.05) is 53.0 Å². The van der Waals surface area contributed by atoms with Crippen molar-refractivity contribution in [1.29, 1.82) is 0 Å². The van der Waals surface area contributed by atoms with E-state index in [2.05, 4.69) is 15.5 Å². The van der Waals surface area contributed by atoms with Crippen molar-refractivity contribution >= 4 is 46.8 Å². The fourth-order valence-electron chi connectivity index (χ4n) is 3.30. The molecule has 1 aliphatic heterocycles. The third-order valence-electron chi connectivity index (χ3n) is 4.84. The number of aromatic nitrogens is 3. The van der Waals surface area contributed by atoms with Crippen LogP contribution in [0.3, 0.4) is 0 Å². The number of para-hydroxylation sites is 1. The van der Waals surface area contributed by atoms with Gasteiger partial charge in [-0.3, -0.25) is 5.43 Å². The van der Waals surface area contributed by atoms with Crippen molar-refractivity contribution in [3.8, 4) is 28.4 Å².